The molecule has 2 rings (SSSR count). The molecule has 9 heteroatoms. The van der Waals surface area contributed by atoms with Gasteiger partial charge in [0.1, 0.15) is 6.10 Å². The van der Waals surface area contributed by atoms with E-state index in [4.69, 9.17) is 4.74 Å². The molecular formula is C14H17F3N4O2. The first kappa shape index (κ1) is 17.0. The molecule has 1 unspecified atom stereocenters. The third kappa shape index (κ3) is 4.83. The summed E-state index contributed by atoms with van der Waals surface area (Å²) >= 11 is 0. The Labute approximate surface area is 131 Å². The Kier molecular flexibility index (Phi) is 5.41. The zero-order chi connectivity index (χ0) is 16.9. The van der Waals surface area contributed by atoms with Crippen LogP contribution in [0.25, 0.3) is 0 Å². The topological polar surface area (TPSA) is 67.4 Å². The molecule has 2 heterocycles. The van der Waals surface area contributed by atoms with Gasteiger partial charge in [0.05, 0.1) is 6.54 Å². The van der Waals surface area contributed by atoms with E-state index in [1.807, 2.05) is 0 Å². The number of urea groups is 1. The maximum atomic E-state index is 12.6. The first-order valence-corrected chi connectivity index (χ1v) is 7.10. The van der Waals surface area contributed by atoms with Gasteiger partial charge < -0.3 is 15.0 Å². The Morgan fingerprint density at radius 1 is 1.57 bits per heavy atom. The lowest BCUT2D eigenvalue weighted by molar-refractivity contribution is -0.141. The molecule has 1 aromatic rings. The van der Waals surface area contributed by atoms with E-state index in [2.05, 4.69) is 21.9 Å². The van der Waals surface area contributed by atoms with Crippen molar-refractivity contribution in [2.45, 2.75) is 25.1 Å². The van der Waals surface area contributed by atoms with Gasteiger partial charge in [0.25, 0.3) is 0 Å². The largest absolute Gasteiger partial charge is 0.458 e. The standard InChI is InChI=1S/C14H17F3N4O2/c1-2-6-19-13(22)21-8-3-4-10(9-21)23-12-18-7-5-11(20-12)14(15,16)17/h2,5,7,10H,1,3-4,6,8-9H2,(H,19,22). The number of carbonyl (C=O) groups excluding carboxylic acids is 1. The van der Waals surface area contributed by atoms with Crippen molar-refractivity contribution in [2.75, 3.05) is 19.6 Å². The summed E-state index contributed by atoms with van der Waals surface area (Å²) in [4.78, 5) is 20.5. The fraction of sp³-hybridized carbons (Fsp3) is 0.500. The number of likely N-dealkylation sites (tertiary alicyclic amines) is 1. The summed E-state index contributed by atoms with van der Waals surface area (Å²) in [5.41, 5.74) is -1.06. The van der Waals surface area contributed by atoms with Crippen LogP contribution in [0.3, 0.4) is 0 Å². The highest BCUT2D eigenvalue weighted by atomic mass is 19.4. The number of rotatable bonds is 4. The number of piperidine rings is 1. The quantitative estimate of drug-likeness (QED) is 0.860. The van der Waals surface area contributed by atoms with Gasteiger partial charge in [-0.05, 0) is 18.9 Å². The van der Waals surface area contributed by atoms with E-state index in [0.29, 0.717) is 25.9 Å². The second-order valence-electron chi connectivity index (χ2n) is 5.03. The van der Waals surface area contributed by atoms with Crippen molar-refractivity contribution in [3.05, 3.63) is 30.6 Å². The summed E-state index contributed by atoms with van der Waals surface area (Å²) in [6.07, 6.45) is -1.13. The lowest BCUT2D eigenvalue weighted by Crippen LogP contribution is -2.48. The van der Waals surface area contributed by atoms with Gasteiger partial charge in [-0.1, -0.05) is 6.08 Å². The van der Waals surface area contributed by atoms with E-state index < -0.39 is 18.0 Å². The summed E-state index contributed by atoms with van der Waals surface area (Å²) in [6.45, 7) is 4.68. The minimum absolute atomic E-state index is 0.261. The van der Waals surface area contributed by atoms with E-state index in [9.17, 15) is 18.0 Å². The average Bonchev–Trinajstić information content (AvgIpc) is 2.52. The lowest BCUT2D eigenvalue weighted by Gasteiger charge is -2.32. The van der Waals surface area contributed by atoms with E-state index in [1.165, 1.54) is 0 Å². The summed E-state index contributed by atoms with van der Waals surface area (Å²) in [6, 6.07) is 0.185. The van der Waals surface area contributed by atoms with Crippen LogP contribution >= 0.6 is 0 Å². The second-order valence-corrected chi connectivity index (χ2v) is 5.03. The van der Waals surface area contributed by atoms with Gasteiger partial charge >= 0.3 is 18.2 Å². The molecule has 1 atom stereocenters. The highest BCUT2D eigenvalue weighted by Gasteiger charge is 2.33. The van der Waals surface area contributed by atoms with Crippen LogP contribution in [0, 0.1) is 0 Å². The van der Waals surface area contributed by atoms with Crippen molar-refractivity contribution < 1.29 is 22.7 Å². The maximum Gasteiger partial charge on any atom is 0.433 e. The molecular weight excluding hydrogens is 313 g/mol. The molecule has 126 valence electrons. The Bertz CT molecular complexity index is 565. The molecule has 1 aliphatic rings. The highest BCUT2D eigenvalue weighted by Crippen LogP contribution is 2.28. The lowest BCUT2D eigenvalue weighted by atomic mass is 10.1. The molecule has 1 fully saturated rings. The highest BCUT2D eigenvalue weighted by molar-refractivity contribution is 5.74. The van der Waals surface area contributed by atoms with Crippen LogP contribution in [0.2, 0.25) is 0 Å². The van der Waals surface area contributed by atoms with Crippen molar-refractivity contribution in [3.63, 3.8) is 0 Å². The van der Waals surface area contributed by atoms with Crippen LogP contribution in [0.4, 0.5) is 18.0 Å². The van der Waals surface area contributed by atoms with Crippen LogP contribution in [0.5, 0.6) is 6.01 Å². The molecule has 2 amide bonds. The number of nitrogens with one attached hydrogen (secondary N) is 1. The van der Waals surface area contributed by atoms with Gasteiger partial charge in [0, 0.05) is 19.3 Å². The molecule has 1 saturated heterocycles. The molecule has 0 radical (unpaired) electrons. The van der Waals surface area contributed by atoms with Crippen LogP contribution in [-0.4, -0.2) is 46.6 Å². The number of hydrogen-bond acceptors (Lipinski definition) is 4. The summed E-state index contributed by atoms with van der Waals surface area (Å²) < 4.78 is 43.3. The molecule has 0 bridgehead atoms. The third-order valence-corrected chi connectivity index (χ3v) is 3.26. The first-order valence-electron chi connectivity index (χ1n) is 7.10. The number of carbonyl (C=O) groups is 1. The van der Waals surface area contributed by atoms with Gasteiger partial charge in [-0.2, -0.15) is 18.2 Å². The number of ether oxygens (including phenoxy) is 1. The zero-order valence-electron chi connectivity index (χ0n) is 12.3. The van der Waals surface area contributed by atoms with Crippen molar-refractivity contribution in [1.82, 2.24) is 20.2 Å². The van der Waals surface area contributed by atoms with Crippen LogP contribution < -0.4 is 10.1 Å². The number of halogens is 3. The molecule has 0 saturated carbocycles. The fourth-order valence-electron chi connectivity index (χ4n) is 2.19. The average molecular weight is 330 g/mol. The Morgan fingerprint density at radius 2 is 2.35 bits per heavy atom. The van der Waals surface area contributed by atoms with Crippen LogP contribution in [-0.2, 0) is 6.18 Å². The predicted molar refractivity (Wildman–Crippen MR) is 75.9 cm³/mol. The van der Waals surface area contributed by atoms with E-state index in [-0.39, 0.29) is 18.6 Å². The van der Waals surface area contributed by atoms with E-state index >= 15 is 0 Å². The molecule has 1 aromatic heterocycles. The summed E-state index contributed by atoms with van der Waals surface area (Å²) in [5.74, 6) is 0. The monoisotopic (exact) mass is 330 g/mol. The minimum Gasteiger partial charge on any atom is -0.458 e. The smallest absolute Gasteiger partial charge is 0.433 e. The maximum absolute atomic E-state index is 12.6. The Morgan fingerprint density at radius 3 is 3.04 bits per heavy atom. The van der Waals surface area contributed by atoms with E-state index in [0.717, 1.165) is 12.3 Å². The number of nitrogens with zero attached hydrogens (tertiary/aromatic N) is 3. The van der Waals surface area contributed by atoms with Gasteiger partial charge in [-0.25, -0.2) is 9.78 Å². The molecule has 23 heavy (non-hydrogen) atoms. The minimum atomic E-state index is -4.55. The number of alkyl halides is 3. The van der Waals surface area contributed by atoms with Gasteiger partial charge in [0.2, 0.25) is 0 Å². The number of amides is 2. The van der Waals surface area contributed by atoms with Crippen molar-refractivity contribution in [3.8, 4) is 6.01 Å². The van der Waals surface area contributed by atoms with Crippen molar-refractivity contribution in [1.29, 1.82) is 0 Å². The molecule has 0 aromatic carbocycles. The Hall–Kier alpha value is -2.32. The normalized spacial score (nSPS) is 18.4. The van der Waals surface area contributed by atoms with Gasteiger partial charge in [-0.15, -0.1) is 6.58 Å². The predicted octanol–water partition coefficient (Wildman–Crippen LogP) is 2.23. The van der Waals surface area contributed by atoms with Gasteiger partial charge in [-0.3, -0.25) is 0 Å². The van der Waals surface area contributed by atoms with Crippen LogP contribution in [0.1, 0.15) is 18.5 Å². The van der Waals surface area contributed by atoms with Crippen molar-refractivity contribution >= 4 is 6.03 Å². The molecule has 0 spiro atoms. The third-order valence-electron chi connectivity index (χ3n) is 3.26. The number of aromatic nitrogens is 2. The molecule has 6 nitrogen and oxygen atoms in total. The second kappa shape index (κ2) is 7.30. The van der Waals surface area contributed by atoms with Crippen molar-refractivity contribution in [2.24, 2.45) is 0 Å². The molecule has 1 aliphatic heterocycles. The zero-order valence-corrected chi connectivity index (χ0v) is 12.3. The number of hydrogen-bond donors (Lipinski definition) is 1. The first-order chi connectivity index (χ1) is 10.9. The summed E-state index contributed by atoms with van der Waals surface area (Å²) in [5, 5.41) is 2.65. The van der Waals surface area contributed by atoms with E-state index in [1.54, 1.807) is 11.0 Å². The molecule has 0 aliphatic carbocycles. The van der Waals surface area contributed by atoms with Crippen LogP contribution in [0.15, 0.2) is 24.9 Å². The van der Waals surface area contributed by atoms with Gasteiger partial charge in [0.15, 0.2) is 5.69 Å². The fourth-order valence-corrected chi connectivity index (χ4v) is 2.19. The summed E-state index contributed by atoms with van der Waals surface area (Å²) in [7, 11) is 0. The molecule has 1 N–H and O–H groups in total. The SMILES string of the molecule is C=CCNC(=O)N1CCCC(Oc2nccc(C(F)(F)F)n2)C1. The Balaban J connectivity index is 1.97.